The third-order valence-corrected chi connectivity index (χ3v) is 3.30. The summed E-state index contributed by atoms with van der Waals surface area (Å²) in [4.78, 5) is 11.8. The minimum Gasteiger partial charge on any atom is -0.506 e. The summed E-state index contributed by atoms with van der Waals surface area (Å²) in [6.07, 6.45) is 1.41. The average Bonchev–Trinajstić information content (AvgIpc) is 2.38. The molecule has 1 rings (SSSR count). The molecule has 4 nitrogen and oxygen atoms in total. The molecule has 1 aromatic rings. The number of phenols is 1. The second-order valence-corrected chi connectivity index (χ2v) is 5.87. The lowest BCUT2D eigenvalue weighted by atomic mass is 9.89. The zero-order valence-corrected chi connectivity index (χ0v) is 12.3. The zero-order chi connectivity index (χ0) is 15.3. The van der Waals surface area contributed by atoms with E-state index in [0.29, 0.717) is 13.0 Å². The van der Waals surface area contributed by atoms with Gasteiger partial charge in [0.2, 0.25) is 0 Å². The van der Waals surface area contributed by atoms with Crippen LogP contribution < -0.4 is 5.32 Å². The van der Waals surface area contributed by atoms with Crippen LogP contribution in [0.15, 0.2) is 12.1 Å². The number of carbonyl (C=O) groups is 1. The summed E-state index contributed by atoms with van der Waals surface area (Å²) in [7, 11) is 0. The van der Waals surface area contributed by atoms with Crippen LogP contribution in [0, 0.1) is 11.2 Å². The number of hydrogen-bond donors (Lipinski definition) is 3. The van der Waals surface area contributed by atoms with E-state index in [1.54, 1.807) is 0 Å². The van der Waals surface area contributed by atoms with Crippen LogP contribution in [0.4, 0.5) is 4.39 Å². The van der Waals surface area contributed by atoms with Crippen molar-refractivity contribution < 1.29 is 19.4 Å². The second-order valence-electron chi connectivity index (χ2n) is 5.47. The van der Waals surface area contributed by atoms with Gasteiger partial charge in [0, 0.05) is 13.2 Å². The van der Waals surface area contributed by atoms with Gasteiger partial charge in [0.1, 0.15) is 11.6 Å². The average molecular weight is 304 g/mol. The Morgan fingerprint density at radius 1 is 1.45 bits per heavy atom. The summed E-state index contributed by atoms with van der Waals surface area (Å²) in [6.45, 7) is 4.29. The molecule has 1 amide bonds. The minimum atomic E-state index is -0.681. The van der Waals surface area contributed by atoms with E-state index in [1.807, 2.05) is 13.8 Å². The predicted octanol–water partition coefficient (Wildman–Crippen LogP) is 2.71. The summed E-state index contributed by atoms with van der Waals surface area (Å²) in [5.74, 6) is -1.69. The minimum absolute atomic E-state index is 0.0707. The van der Waals surface area contributed by atoms with Gasteiger partial charge in [0.25, 0.3) is 5.91 Å². The van der Waals surface area contributed by atoms with E-state index in [0.717, 1.165) is 18.6 Å². The van der Waals surface area contributed by atoms with Gasteiger partial charge in [-0.15, -0.1) is 0 Å². The Bertz CT molecular complexity index is 492. The van der Waals surface area contributed by atoms with Crippen LogP contribution in [0.5, 0.6) is 5.75 Å². The van der Waals surface area contributed by atoms with Gasteiger partial charge < -0.3 is 15.5 Å². The normalized spacial score (nSPS) is 11.4. The number of aliphatic hydroxyl groups is 1. The van der Waals surface area contributed by atoms with Crippen LogP contribution in [0.25, 0.3) is 0 Å². The number of rotatable bonds is 6. The van der Waals surface area contributed by atoms with Crippen molar-refractivity contribution >= 4 is 17.5 Å². The molecule has 0 aromatic heterocycles. The summed E-state index contributed by atoms with van der Waals surface area (Å²) in [6, 6.07) is 1.88. The summed E-state index contributed by atoms with van der Waals surface area (Å²) >= 11 is 5.61. The van der Waals surface area contributed by atoms with E-state index in [1.165, 1.54) is 0 Å². The fourth-order valence-corrected chi connectivity index (χ4v) is 1.89. The monoisotopic (exact) mass is 303 g/mol. The Morgan fingerprint density at radius 3 is 2.70 bits per heavy atom. The number of carbonyl (C=O) groups excluding carboxylic acids is 1. The number of nitrogens with one attached hydrogen (secondary N) is 1. The first-order valence-corrected chi connectivity index (χ1v) is 6.72. The quantitative estimate of drug-likeness (QED) is 0.708. The maximum absolute atomic E-state index is 13.2. The lowest BCUT2D eigenvalue weighted by Crippen LogP contribution is -2.26. The van der Waals surface area contributed by atoms with Crippen molar-refractivity contribution in [3.8, 4) is 5.75 Å². The van der Waals surface area contributed by atoms with Gasteiger partial charge in [-0.3, -0.25) is 4.79 Å². The summed E-state index contributed by atoms with van der Waals surface area (Å²) in [5.41, 5.74) is -0.383. The van der Waals surface area contributed by atoms with Crippen molar-refractivity contribution in [1.29, 1.82) is 0 Å². The number of phenolic OH excluding ortho intramolecular Hbond substituents is 1. The number of amides is 1. The Hall–Kier alpha value is -1.33. The van der Waals surface area contributed by atoms with Crippen LogP contribution in [-0.4, -0.2) is 29.3 Å². The van der Waals surface area contributed by atoms with Crippen molar-refractivity contribution in [3.63, 3.8) is 0 Å². The van der Waals surface area contributed by atoms with Crippen molar-refractivity contribution in [1.82, 2.24) is 5.32 Å². The Kier molecular flexibility index (Phi) is 5.77. The molecule has 0 fully saturated rings. The fraction of sp³-hybridized carbons (Fsp3) is 0.500. The molecule has 20 heavy (non-hydrogen) atoms. The van der Waals surface area contributed by atoms with Gasteiger partial charge >= 0.3 is 0 Å². The lowest BCUT2D eigenvalue weighted by molar-refractivity contribution is 0.0945. The highest BCUT2D eigenvalue weighted by atomic mass is 35.5. The third kappa shape index (κ3) is 4.65. The molecule has 0 radical (unpaired) electrons. The van der Waals surface area contributed by atoms with Gasteiger partial charge in [-0.1, -0.05) is 25.4 Å². The van der Waals surface area contributed by atoms with Crippen molar-refractivity contribution in [2.45, 2.75) is 26.7 Å². The smallest absolute Gasteiger partial charge is 0.255 e. The molecule has 0 unspecified atom stereocenters. The second kappa shape index (κ2) is 6.90. The van der Waals surface area contributed by atoms with Crippen LogP contribution in [-0.2, 0) is 0 Å². The number of aliphatic hydroxyl groups excluding tert-OH is 1. The predicted molar refractivity (Wildman–Crippen MR) is 75.5 cm³/mol. The Morgan fingerprint density at radius 2 is 2.10 bits per heavy atom. The molecule has 0 heterocycles. The molecule has 1 aromatic carbocycles. The first-order valence-electron chi connectivity index (χ1n) is 6.34. The maximum atomic E-state index is 13.2. The first-order chi connectivity index (χ1) is 9.26. The van der Waals surface area contributed by atoms with Gasteiger partial charge in [0.05, 0.1) is 10.6 Å². The molecule has 0 atom stereocenters. The van der Waals surface area contributed by atoms with E-state index in [2.05, 4.69) is 5.32 Å². The number of hydrogen-bond acceptors (Lipinski definition) is 3. The van der Waals surface area contributed by atoms with E-state index in [4.69, 9.17) is 16.7 Å². The molecule has 0 aliphatic carbocycles. The van der Waals surface area contributed by atoms with Crippen LogP contribution >= 0.6 is 11.6 Å². The van der Waals surface area contributed by atoms with Crippen molar-refractivity contribution in [3.05, 3.63) is 28.5 Å². The number of benzene rings is 1. The molecular formula is C14H19ClFNO3. The summed E-state index contributed by atoms with van der Waals surface area (Å²) in [5, 5.41) is 21.1. The topological polar surface area (TPSA) is 69.6 Å². The van der Waals surface area contributed by atoms with Gasteiger partial charge in [-0.25, -0.2) is 4.39 Å². The SMILES string of the molecule is CC(C)(CO)CCCNC(=O)c1cc(F)cc(Cl)c1O. The van der Waals surface area contributed by atoms with Gasteiger partial charge in [-0.05, 0) is 30.4 Å². The van der Waals surface area contributed by atoms with Crippen LogP contribution in [0.2, 0.25) is 5.02 Å². The van der Waals surface area contributed by atoms with Crippen molar-refractivity contribution in [2.24, 2.45) is 5.41 Å². The highest BCUT2D eigenvalue weighted by molar-refractivity contribution is 6.32. The van der Waals surface area contributed by atoms with Gasteiger partial charge in [-0.2, -0.15) is 0 Å². The van der Waals surface area contributed by atoms with Crippen LogP contribution in [0.1, 0.15) is 37.0 Å². The van der Waals surface area contributed by atoms with E-state index in [-0.39, 0.29) is 22.6 Å². The van der Waals surface area contributed by atoms with E-state index in [9.17, 15) is 14.3 Å². The zero-order valence-electron chi connectivity index (χ0n) is 11.5. The molecule has 112 valence electrons. The molecule has 0 aliphatic rings. The molecule has 0 saturated carbocycles. The number of halogens is 2. The molecule has 3 N–H and O–H groups in total. The fourth-order valence-electron chi connectivity index (χ4n) is 1.68. The van der Waals surface area contributed by atoms with Crippen LogP contribution in [0.3, 0.4) is 0 Å². The molecular weight excluding hydrogens is 285 g/mol. The first kappa shape index (κ1) is 16.7. The molecule has 0 spiro atoms. The maximum Gasteiger partial charge on any atom is 0.255 e. The van der Waals surface area contributed by atoms with Gasteiger partial charge in [0.15, 0.2) is 0 Å². The standard InChI is InChI=1S/C14H19ClFNO3/c1-14(2,8-18)4-3-5-17-13(20)10-6-9(16)7-11(15)12(10)19/h6-7,18-19H,3-5,8H2,1-2H3,(H,17,20). The number of aromatic hydroxyl groups is 1. The summed E-state index contributed by atoms with van der Waals surface area (Å²) < 4.78 is 13.2. The molecule has 0 aliphatic heterocycles. The Labute approximate surface area is 122 Å². The van der Waals surface area contributed by atoms with Crippen molar-refractivity contribution in [2.75, 3.05) is 13.2 Å². The molecule has 6 heteroatoms. The van der Waals surface area contributed by atoms with E-state index >= 15 is 0 Å². The highest BCUT2D eigenvalue weighted by Crippen LogP contribution is 2.28. The molecule has 0 saturated heterocycles. The lowest BCUT2D eigenvalue weighted by Gasteiger charge is -2.21. The molecule has 0 bridgehead atoms. The Balaban J connectivity index is 2.56. The van der Waals surface area contributed by atoms with E-state index < -0.39 is 17.5 Å². The third-order valence-electron chi connectivity index (χ3n) is 3.02. The largest absolute Gasteiger partial charge is 0.506 e. The highest BCUT2D eigenvalue weighted by Gasteiger charge is 2.17.